The minimum atomic E-state index is -0.527. The van der Waals surface area contributed by atoms with Crippen molar-refractivity contribution < 1.29 is 4.79 Å². The summed E-state index contributed by atoms with van der Waals surface area (Å²) in [5.41, 5.74) is 5.18. The van der Waals surface area contributed by atoms with E-state index in [1.807, 2.05) is 0 Å². The first-order chi connectivity index (χ1) is 4.72. The highest BCUT2D eigenvalue weighted by atomic mass is 16.1. The van der Waals surface area contributed by atoms with Gasteiger partial charge >= 0.3 is 0 Å². The van der Waals surface area contributed by atoms with Crippen molar-refractivity contribution in [3.63, 3.8) is 0 Å². The van der Waals surface area contributed by atoms with Gasteiger partial charge in [0, 0.05) is 6.21 Å². The number of rotatable bonds is 3. The molecule has 0 aromatic heterocycles. The van der Waals surface area contributed by atoms with E-state index in [4.69, 9.17) is 5.73 Å². The average molecular weight is 138 g/mol. The van der Waals surface area contributed by atoms with Crippen molar-refractivity contribution in [2.45, 2.75) is 6.92 Å². The van der Waals surface area contributed by atoms with E-state index >= 15 is 0 Å². The van der Waals surface area contributed by atoms with Crippen LogP contribution in [0, 0.1) is 0 Å². The molecule has 3 heteroatoms. The Hall–Kier alpha value is -1.38. The van der Waals surface area contributed by atoms with Crippen molar-refractivity contribution >= 4 is 12.1 Å². The van der Waals surface area contributed by atoms with Gasteiger partial charge in [-0.2, -0.15) is 0 Å². The second-order valence-electron chi connectivity index (χ2n) is 1.55. The minimum Gasteiger partial charge on any atom is -0.364 e. The number of allylic oxidation sites excluding steroid dienone is 2. The maximum Gasteiger partial charge on any atom is 0.266 e. The first kappa shape index (κ1) is 8.62. The number of carbonyl (C=O) groups is 1. The van der Waals surface area contributed by atoms with Crippen molar-refractivity contribution in [2.75, 3.05) is 0 Å². The van der Waals surface area contributed by atoms with Crippen LogP contribution in [-0.2, 0) is 4.79 Å². The highest BCUT2D eigenvalue weighted by Gasteiger charge is 1.96. The second kappa shape index (κ2) is 4.49. The fraction of sp³-hybridized carbons (Fsp3) is 0.143. The molecule has 0 atom stereocenters. The summed E-state index contributed by atoms with van der Waals surface area (Å²) in [4.78, 5) is 14.1. The zero-order chi connectivity index (χ0) is 7.98. The zero-order valence-electron chi connectivity index (χ0n) is 5.87. The second-order valence-corrected chi connectivity index (χ2v) is 1.55. The largest absolute Gasteiger partial charge is 0.364 e. The van der Waals surface area contributed by atoms with E-state index in [1.165, 1.54) is 12.3 Å². The van der Waals surface area contributed by atoms with Gasteiger partial charge < -0.3 is 5.73 Å². The molecule has 10 heavy (non-hydrogen) atoms. The third-order valence-corrected chi connectivity index (χ3v) is 0.845. The van der Waals surface area contributed by atoms with Crippen LogP contribution < -0.4 is 5.73 Å². The SMILES string of the molecule is C=CC=N/C(=C\C)C(N)=O. The molecule has 0 aliphatic carbocycles. The summed E-state index contributed by atoms with van der Waals surface area (Å²) in [5, 5.41) is 0. The van der Waals surface area contributed by atoms with Crippen LogP contribution in [0.3, 0.4) is 0 Å². The molecular weight excluding hydrogens is 128 g/mol. The number of nitrogens with zero attached hydrogens (tertiary/aromatic N) is 1. The van der Waals surface area contributed by atoms with Crippen molar-refractivity contribution in [3.8, 4) is 0 Å². The quantitative estimate of drug-likeness (QED) is 0.451. The summed E-state index contributed by atoms with van der Waals surface area (Å²) in [6.45, 7) is 5.09. The van der Waals surface area contributed by atoms with Crippen LogP contribution in [0.5, 0.6) is 0 Å². The third-order valence-electron chi connectivity index (χ3n) is 0.845. The Balaban J connectivity index is 4.25. The lowest BCUT2D eigenvalue weighted by Gasteiger charge is -1.89. The highest BCUT2D eigenvalue weighted by molar-refractivity contribution is 5.93. The van der Waals surface area contributed by atoms with Gasteiger partial charge in [0.1, 0.15) is 5.70 Å². The molecule has 0 aromatic rings. The van der Waals surface area contributed by atoms with E-state index in [-0.39, 0.29) is 5.70 Å². The Labute approximate surface area is 59.9 Å². The topological polar surface area (TPSA) is 55.4 Å². The first-order valence-corrected chi connectivity index (χ1v) is 2.83. The maximum atomic E-state index is 10.4. The molecule has 0 rings (SSSR count). The third kappa shape index (κ3) is 2.81. The van der Waals surface area contributed by atoms with Gasteiger partial charge in [-0.25, -0.2) is 0 Å². The van der Waals surface area contributed by atoms with Crippen molar-refractivity contribution in [3.05, 3.63) is 24.4 Å². The summed E-state index contributed by atoms with van der Waals surface area (Å²) in [7, 11) is 0. The van der Waals surface area contributed by atoms with Gasteiger partial charge in [0.2, 0.25) is 0 Å². The van der Waals surface area contributed by atoms with Crippen LogP contribution in [-0.4, -0.2) is 12.1 Å². The smallest absolute Gasteiger partial charge is 0.266 e. The molecular formula is C7H10N2O. The Kier molecular flexibility index (Phi) is 3.87. The van der Waals surface area contributed by atoms with Gasteiger partial charge in [-0.1, -0.05) is 18.7 Å². The predicted octanol–water partition coefficient (Wildman–Crippen LogP) is 0.632. The van der Waals surface area contributed by atoms with Crippen molar-refractivity contribution in [2.24, 2.45) is 10.7 Å². The van der Waals surface area contributed by atoms with Gasteiger partial charge in [0.25, 0.3) is 5.91 Å². The maximum absolute atomic E-state index is 10.4. The van der Waals surface area contributed by atoms with Gasteiger partial charge in [-0.05, 0) is 6.92 Å². The van der Waals surface area contributed by atoms with E-state index in [2.05, 4.69) is 11.6 Å². The van der Waals surface area contributed by atoms with Crippen LogP contribution in [0.2, 0.25) is 0 Å². The van der Waals surface area contributed by atoms with Gasteiger partial charge in [0.05, 0.1) is 0 Å². The van der Waals surface area contributed by atoms with Crippen LogP contribution in [0.4, 0.5) is 0 Å². The Bertz CT molecular complexity index is 192. The molecule has 0 saturated heterocycles. The first-order valence-electron chi connectivity index (χ1n) is 2.83. The normalized spacial score (nSPS) is 11.9. The van der Waals surface area contributed by atoms with Gasteiger partial charge in [-0.3, -0.25) is 9.79 Å². The average Bonchev–Trinajstić information content (AvgIpc) is 1.89. The fourth-order valence-corrected chi connectivity index (χ4v) is 0.413. The molecule has 0 aromatic carbocycles. The number of aliphatic imine (C=N–C) groups is 1. The van der Waals surface area contributed by atoms with E-state index in [1.54, 1.807) is 13.0 Å². The lowest BCUT2D eigenvalue weighted by Crippen LogP contribution is -2.12. The van der Waals surface area contributed by atoms with Gasteiger partial charge in [-0.15, -0.1) is 0 Å². The highest BCUT2D eigenvalue weighted by Crippen LogP contribution is 1.92. The number of hydrogen-bond acceptors (Lipinski definition) is 2. The molecule has 0 radical (unpaired) electrons. The summed E-state index contributed by atoms with van der Waals surface area (Å²) in [6, 6.07) is 0. The molecule has 0 aliphatic heterocycles. The van der Waals surface area contributed by atoms with Crippen molar-refractivity contribution in [1.82, 2.24) is 0 Å². The lowest BCUT2D eigenvalue weighted by atomic mass is 10.4. The predicted molar refractivity (Wildman–Crippen MR) is 41.6 cm³/mol. The standard InChI is InChI=1S/C7H10N2O/c1-3-5-9-6(4-2)7(8)10/h3-5H,1H2,2H3,(H2,8,10)/b6-4-,9-5?. The number of hydrogen-bond donors (Lipinski definition) is 1. The molecule has 1 amide bonds. The van der Waals surface area contributed by atoms with Crippen LogP contribution in [0.1, 0.15) is 6.92 Å². The number of carbonyl (C=O) groups excluding carboxylic acids is 1. The molecule has 0 unspecified atom stereocenters. The number of nitrogens with two attached hydrogens (primary N) is 1. The molecule has 0 aliphatic rings. The molecule has 54 valence electrons. The summed E-state index contributed by atoms with van der Waals surface area (Å²) >= 11 is 0. The van der Waals surface area contributed by atoms with Crippen LogP contribution in [0.15, 0.2) is 29.4 Å². The Morgan fingerprint density at radius 3 is 2.60 bits per heavy atom. The molecule has 3 nitrogen and oxygen atoms in total. The number of amides is 1. The minimum absolute atomic E-state index is 0.250. The van der Waals surface area contributed by atoms with Crippen molar-refractivity contribution in [1.29, 1.82) is 0 Å². The summed E-state index contributed by atoms with van der Waals surface area (Å²) < 4.78 is 0. The summed E-state index contributed by atoms with van der Waals surface area (Å²) in [6.07, 6.45) is 4.44. The molecule has 0 bridgehead atoms. The zero-order valence-corrected chi connectivity index (χ0v) is 5.87. The monoisotopic (exact) mass is 138 g/mol. The van der Waals surface area contributed by atoms with Gasteiger partial charge in [0.15, 0.2) is 0 Å². The Morgan fingerprint density at radius 2 is 2.30 bits per heavy atom. The molecule has 0 spiro atoms. The van der Waals surface area contributed by atoms with E-state index in [0.29, 0.717) is 0 Å². The Morgan fingerprint density at radius 1 is 1.70 bits per heavy atom. The molecule has 0 fully saturated rings. The molecule has 2 N–H and O–H groups in total. The fourth-order valence-electron chi connectivity index (χ4n) is 0.413. The van der Waals surface area contributed by atoms with E-state index in [0.717, 1.165) is 0 Å². The lowest BCUT2D eigenvalue weighted by molar-refractivity contribution is -0.114. The molecule has 0 saturated carbocycles. The van der Waals surface area contributed by atoms with Crippen LogP contribution in [0.25, 0.3) is 0 Å². The number of primary amides is 1. The summed E-state index contributed by atoms with van der Waals surface area (Å²) in [5.74, 6) is -0.527. The van der Waals surface area contributed by atoms with E-state index in [9.17, 15) is 4.79 Å². The van der Waals surface area contributed by atoms with Crippen LogP contribution >= 0.6 is 0 Å². The molecule has 0 heterocycles. The van der Waals surface area contributed by atoms with E-state index < -0.39 is 5.91 Å².